The first-order valence-corrected chi connectivity index (χ1v) is 6.78. The predicted octanol–water partition coefficient (Wildman–Crippen LogP) is 3.53. The summed E-state index contributed by atoms with van der Waals surface area (Å²) in [4.78, 5) is 11.0. The summed E-state index contributed by atoms with van der Waals surface area (Å²) in [5.74, 6) is 0. The molecule has 1 rings (SSSR count). The van der Waals surface area contributed by atoms with E-state index in [0.29, 0.717) is 35.1 Å². The van der Waals surface area contributed by atoms with Crippen molar-refractivity contribution in [2.24, 2.45) is 5.73 Å². The van der Waals surface area contributed by atoms with Crippen LogP contribution < -0.4 is 5.73 Å². The van der Waals surface area contributed by atoms with E-state index in [2.05, 4.69) is 0 Å². The number of primary amides is 1. The zero-order chi connectivity index (χ0) is 15.0. The van der Waals surface area contributed by atoms with Crippen molar-refractivity contribution in [3.05, 3.63) is 33.8 Å². The molecule has 5 nitrogen and oxygen atoms in total. The molecule has 0 aliphatic rings. The molecule has 0 saturated heterocycles. The Bertz CT molecular complexity index is 442. The number of rotatable bonds is 8. The Morgan fingerprint density at radius 2 is 2.15 bits per heavy atom. The minimum Gasteiger partial charge on any atom is -0.441 e. The van der Waals surface area contributed by atoms with Gasteiger partial charge in [0.05, 0.1) is 0 Å². The summed E-state index contributed by atoms with van der Waals surface area (Å²) in [6.07, 6.45) is -0.170. The van der Waals surface area contributed by atoms with Crippen LogP contribution in [0.25, 0.3) is 0 Å². The first-order chi connectivity index (χ1) is 9.54. The standard InChI is InChI=1S/C13H17Cl2NO4/c1-18-8-19-6-2-3-12(20-13(16)17)10-5-4-9(14)7-11(10)15/h4-5,7,12H,2-3,6,8H2,1H3,(H2,16,17)/t12-/m1/s1. The molecule has 1 amide bonds. The van der Waals surface area contributed by atoms with E-state index >= 15 is 0 Å². The molecule has 0 spiro atoms. The fourth-order valence-electron chi connectivity index (χ4n) is 1.69. The number of hydrogen-bond acceptors (Lipinski definition) is 4. The number of hydrogen-bond donors (Lipinski definition) is 1. The number of halogens is 2. The number of carbonyl (C=O) groups excluding carboxylic acids is 1. The molecule has 1 aromatic rings. The molecule has 0 fully saturated rings. The van der Waals surface area contributed by atoms with Gasteiger partial charge in [0.15, 0.2) is 0 Å². The van der Waals surface area contributed by atoms with E-state index in [1.54, 1.807) is 25.3 Å². The number of methoxy groups -OCH3 is 1. The van der Waals surface area contributed by atoms with E-state index in [9.17, 15) is 4.79 Å². The van der Waals surface area contributed by atoms with Crippen LogP contribution >= 0.6 is 23.2 Å². The lowest BCUT2D eigenvalue weighted by atomic mass is 10.0. The summed E-state index contributed by atoms with van der Waals surface area (Å²) in [5.41, 5.74) is 5.75. The average molecular weight is 322 g/mol. The van der Waals surface area contributed by atoms with E-state index in [1.807, 2.05) is 0 Å². The number of nitrogens with two attached hydrogens (primary N) is 1. The fraction of sp³-hybridized carbons (Fsp3) is 0.462. The molecular formula is C13H17Cl2NO4. The van der Waals surface area contributed by atoms with Gasteiger partial charge in [0.25, 0.3) is 0 Å². The van der Waals surface area contributed by atoms with Crippen molar-refractivity contribution in [2.75, 3.05) is 20.5 Å². The molecule has 0 aliphatic heterocycles. The first-order valence-electron chi connectivity index (χ1n) is 6.02. The monoisotopic (exact) mass is 321 g/mol. The van der Waals surface area contributed by atoms with Crippen LogP contribution in [0.3, 0.4) is 0 Å². The molecular weight excluding hydrogens is 305 g/mol. The van der Waals surface area contributed by atoms with E-state index in [-0.39, 0.29) is 6.79 Å². The highest BCUT2D eigenvalue weighted by molar-refractivity contribution is 6.35. The van der Waals surface area contributed by atoms with Crippen LogP contribution in [0.15, 0.2) is 18.2 Å². The van der Waals surface area contributed by atoms with Gasteiger partial charge in [0.1, 0.15) is 12.9 Å². The van der Waals surface area contributed by atoms with Crippen molar-refractivity contribution in [3.8, 4) is 0 Å². The van der Waals surface area contributed by atoms with E-state index in [1.165, 1.54) is 0 Å². The third-order valence-corrected chi connectivity index (χ3v) is 3.09. The Labute approximate surface area is 127 Å². The van der Waals surface area contributed by atoms with E-state index in [0.717, 1.165) is 0 Å². The van der Waals surface area contributed by atoms with Crippen molar-refractivity contribution in [2.45, 2.75) is 18.9 Å². The van der Waals surface area contributed by atoms with Crippen molar-refractivity contribution in [3.63, 3.8) is 0 Å². The third kappa shape index (κ3) is 5.96. The lowest BCUT2D eigenvalue weighted by molar-refractivity contribution is -0.0340. The van der Waals surface area contributed by atoms with Gasteiger partial charge in [-0.1, -0.05) is 29.3 Å². The van der Waals surface area contributed by atoms with Crippen molar-refractivity contribution in [1.82, 2.24) is 0 Å². The highest BCUT2D eigenvalue weighted by Crippen LogP contribution is 2.31. The Balaban J connectivity index is 2.65. The molecule has 1 aromatic carbocycles. The quantitative estimate of drug-likeness (QED) is 0.587. The van der Waals surface area contributed by atoms with Crippen LogP contribution in [0, 0.1) is 0 Å². The normalized spacial score (nSPS) is 12.2. The van der Waals surface area contributed by atoms with Gasteiger partial charge >= 0.3 is 6.09 Å². The minimum atomic E-state index is -0.848. The summed E-state index contributed by atoms with van der Waals surface area (Å²) in [5, 5.41) is 0.946. The van der Waals surface area contributed by atoms with Gasteiger partial charge in [-0.3, -0.25) is 0 Å². The Morgan fingerprint density at radius 3 is 2.75 bits per heavy atom. The number of ether oxygens (including phenoxy) is 3. The number of amides is 1. The lowest BCUT2D eigenvalue weighted by Gasteiger charge is -2.18. The highest BCUT2D eigenvalue weighted by atomic mass is 35.5. The van der Waals surface area contributed by atoms with Crippen molar-refractivity contribution in [1.29, 1.82) is 0 Å². The van der Waals surface area contributed by atoms with Crippen LogP contribution in [0.5, 0.6) is 0 Å². The van der Waals surface area contributed by atoms with Crippen LogP contribution in [0.2, 0.25) is 10.0 Å². The van der Waals surface area contributed by atoms with Gasteiger partial charge in [-0.25, -0.2) is 4.79 Å². The Morgan fingerprint density at radius 1 is 1.40 bits per heavy atom. The average Bonchev–Trinajstić information content (AvgIpc) is 2.37. The van der Waals surface area contributed by atoms with E-state index in [4.69, 9.17) is 43.1 Å². The van der Waals surface area contributed by atoms with Crippen LogP contribution in [-0.4, -0.2) is 26.6 Å². The molecule has 1 atom stereocenters. The number of carbonyl (C=O) groups is 1. The second-order valence-electron chi connectivity index (χ2n) is 4.05. The van der Waals surface area contributed by atoms with Gasteiger partial charge in [-0.05, 0) is 25.0 Å². The molecule has 7 heteroatoms. The topological polar surface area (TPSA) is 70.8 Å². The summed E-state index contributed by atoms with van der Waals surface area (Å²) < 4.78 is 15.0. The molecule has 112 valence electrons. The van der Waals surface area contributed by atoms with Crippen LogP contribution in [-0.2, 0) is 14.2 Å². The van der Waals surface area contributed by atoms with Crippen LogP contribution in [0.4, 0.5) is 4.79 Å². The molecule has 0 heterocycles. The van der Waals surface area contributed by atoms with Gasteiger partial charge < -0.3 is 19.9 Å². The van der Waals surface area contributed by atoms with Gasteiger partial charge in [0.2, 0.25) is 0 Å². The first kappa shape index (κ1) is 17.0. The summed E-state index contributed by atoms with van der Waals surface area (Å²) in [6.45, 7) is 0.709. The van der Waals surface area contributed by atoms with Crippen LogP contribution in [0.1, 0.15) is 24.5 Å². The maximum atomic E-state index is 11.0. The molecule has 20 heavy (non-hydrogen) atoms. The summed E-state index contributed by atoms with van der Waals surface area (Å²) in [6, 6.07) is 4.99. The fourth-order valence-corrected chi connectivity index (χ4v) is 2.22. The Kier molecular flexibility index (Phi) is 7.69. The zero-order valence-electron chi connectivity index (χ0n) is 11.1. The summed E-state index contributed by atoms with van der Waals surface area (Å²) >= 11 is 11.9. The smallest absolute Gasteiger partial charge is 0.405 e. The largest absolute Gasteiger partial charge is 0.441 e. The molecule has 0 aromatic heterocycles. The lowest BCUT2D eigenvalue weighted by Crippen LogP contribution is -2.18. The van der Waals surface area contributed by atoms with Gasteiger partial charge in [-0.15, -0.1) is 0 Å². The van der Waals surface area contributed by atoms with E-state index < -0.39 is 12.2 Å². The van der Waals surface area contributed by atoms with Gasteiger partial charge in [0, 0.05) is 29.3 Å². The SMILES string of the molecule is COCOCCC[C@@H](OC(N)=O)c1ccc(Cl)cc1Cl. The molecule has 0 radical (unpaired) electrons. The second kappa shape index (κ2) is 9.02. The zero-order valence-corrected chi connectivity index (χ0v) is 12.6. The maximum absolute atomic E-state index is 11.0. The number of benzene rings is 1. The predicted molar refractivity (Wildman–Crippen MR) is 76.9 cm³/mol. The molecule has 0 saturated carbocycles. The highest BCUT2D eigenvalue weighted by Gasteiger charge is 2.18. The Hall–Kier alpha value is -1.01. The molecule has 2 N–H and O–H groups in total. The minimum absolute atomic E-state index is 0.225. The third-order valence-electron chi connectivity index (χ3n) is 2.52. The molecule has 0 unspecified atom stereocenters. The van der Waals surface area contributed by atoms with Gasteiger partial charge in [-0.2, -0.15) is 0 Å². The van der Waals surface area contributed by atoms with Crippen molar-refractivity contribution >= 4 is 29.3 Å². The summed E-state index contributed by atoms with van der Waals surface area (Å²) in [7, 11) is 1.55. The molecule has 0 aliphatic carbocycles. The second-order valence-corrected chi connectivity index (χ2v) is 4.89. The molecule has 0 bridgehead atoms. The van der Waals surface area contributed by atoms with Crippen molar-refractivity contribution < 1.29 is 19.0 Å². The maximum Gasteiger partial charge on any atom is 0.405 e.